The highest BCUT2D eigenvalue weighted by Crippen LogP contribution is 2.05. The number of amides is 1. The molecule has 0 saturated heterocycles. The number of carbonyl (C=O) groups excluding carboxylic acids is 1. The van der Waals surface area contributed by atoms with E-state index in [1.807, 2.05) is 4.90 Å². The Morgan fingerprint density at radius 3 is 1.88 bits per heavy atom. The van der Waals surface area contributed by atoms with E-state index in [9.17, 15) is 4.79 Å². The zero-order valence-electron chi connectivity index (χ0n) is 11.7. The second kappa shape index (κ2) is 11.9. The lowest BCUT2D eigenvalue weighted by molar-refractivity contribution is -0.131. The minimum atomic E-state index is 0.294. The molecular weight excluding hydrogens is 212 g/mol. The Balaban J connectivity index is 3.94. The Bertz CT molecular complexity index is 173. The minimum Gasteiger partial charge on any atom is -0.343 e. The van der Waals surface area contributed by atoms with Crippen molar-refractivity contribution in [2.75, 3.05) is 19.6 Å². The van der Waals surface area contributed by atoms with E-state index in [0.29, 0.717) is 18.9 Å². The zero-order chi connectivity index (χ0) is 12.9. The van der Waals surface area contributed by atoms with Crippen molar-refractivity contribution in [3.63, 3.8) is 0 Å². The van der Waals surface area contributed by atoms with Crippen LogP contribution < -0.4 is 5.73 Å². The largest absolute Gasteiger partial charge is 0.343 e. The van der Waals surface area contributed by atoms with Crippen LogP contribution in [0, 0.1) is 0 Å². The molecule has 1 amide bonds. The van der Waals surface area contributed by atoms with Crippen molar-refractivity contribution < 1.29 is 4.79 Å². The van der Waals surface area contributed by atoms with Crippen LogP contribution in [0.25, 0.3) is 0 Å². The fourth-order valence-electron chi connectivity index (χ4n) is 1.88. The Labute approximate surface area is 107 Å². The van der Waals surface area contributed by atoms with E-state index in [4.69, 9.17) is 5.73 Å². The number of hydrogen-bond acceptors (Lipinski definition) is 2. The first-order valence-electron chi connectivity index (χ1n) is 7.24. The molecule has 2 N–H and O–H groups in total. The van der Waals surface area contributed by atoms with Crippen molar-refractivity contribution in [3.05, 3.63) is 0 Å². The van der Waals surface area contributed by atoms with E-state index in [1.165, 1.54) is 25.7 Å². The van der Waals surface area contributed by atoms with Crippen molar-refractivity contribution in [3.8, 4) is 0 Å². The number of unbranched alkanes of at least 4 members (excludes halogenated alkanes) is 4. The lowest BCUT2D eigenvalue weighted by Crippen LogP contribution is -2.33. The average Bonchev–Trinajstić information content (AvgIpc) is 2.34. The van der Waals surface area contributed by atoms with Gasteiger partial charge in [0, 0.05) is 19.5 Å². The summed E-state index contributed by atoms with van der Waals surface area (Å²) >= 11 is 0. The van der Waals surface area contributed by atoms with E-state index >= 15 is 0 Å². The molecule has 0 spiro atoms. The lowest BCUT2D eigenvalue weighted by atomic mass is 10.2. The van der Waals surface area contributed by atoms with Gasteiger partial charge in [-0.15, -0.1) is 0 Å². The highest BCUT2D eigenvalue weighted by Gasteiger charge is 2.11. The molecule has 0 bridgehead atoms. The van der Waals surface area contributed by atoms with Crippen LogP contribution in [0.5, 0.6) is 0 Å². The smallest absolute Gasteiger partial charge is 0.222 e. The van der Waals surface area contributed by atoms with Crippen molar-refractivity contribution >= 4 is 5.91 Å². The first-order chi connectivity index (χ1) is 8.26. The van der Waals surface area contributed by atoms with Crippen LogP contribution in [0.15, 0.2) is 0 Å². The number of nitrogens with two attached hydrogens (primary N) is 1. The van der Waals surface area contributed by atoms with Crippen LogP contribution in [0.4, 0.5) is 0 Å². The van der Waals surface area contributed by atoms with Gasteiger partial charge in [-0.25, -0.2) is 0 Å². The number of nitrogens with zero attached hydrogens (tertiary/aromatic N) is 1. The normalized spacial score (nSPS) is 10.5. The van der Waals surface area contributed by atoms with Gasteiger partial charge in [0.05, 0.1) is 0 Å². The molecule has 17 heavy (non-hydrogen) atoms. The summed E-state index contributed by atoms with van der Waals surface area (Å²) < 4.78 is 0. The van der Waals surface area contributed by atoms with E-state index in [-0.39, 0.29) is 0 Å². The van der Waals surface area contributed by atoms with Crippen LogP contribution in [-0.4, -0.2) is 30.4 Å². The summed E-state index contributed by atoms with van der Waals surface area (Å²) in [6.45, 7) is 6.86. The number of carbonyl (C=O) groups is 1. The Morgan fingerprint density at radius 1 is 0.941 bits per heavy atom. The van der Waals surface area contributed by atoms with Gasteiger partial charge in [-0.3, -0.25) is 4.79 Å². The molecule has 0 fully saturated rings. The fourth-order valence-corrected chi connectivity index (χ4v) is 1.88. The molecule has 0 heterocycles. The maximum atomic E-state index is 12.0. The quantitative estimate of drug-likeness (QED) is 0.566. The lowest BCUT2D eigenvalue weighted by Gasteiger charge is -2.22. The Kier molecular flexibility index (Phi) is 11.5. The van der Waals surface area contributed by atoms with E-state index in [2.05, 4.69) is 13.8 Å². The number of hydrogen-bond donors (Lipinski definition) is 1. The summed E-state index contributed by atoms with van der Waals surface area (Å²) in [6, 6.07) is 0. The van der Waals surface area contributed by atoms with Crippen molar-refractivity contribution in [2.45, 2.75) is 65.2 Å². The molecule has 0 unspecified atom stereocenters. The summed E-state index contributed by atoms with van der Waals surface area (Å²) in [5.74, 6) is 0.294. The molecule has 0 aliphatic heterocycles. The van der Waals surface area contributed by atoms with Gasteiger partial charge in [0.1, 0.15) is 0 Å². The van der Waals surface area contributed by atoms with Crippen LogP contribution >= 0.6 is 0 Å². The third kappa shape index (κ3) is 9.16. The molecule has 0 atom stereocenters. The molecule has 0 aliphatic carbocycles. The first-order valence-corrected chi connectivity index (χ1v) is 7.24. The van der Waals surface area contributed by atoms with Gasteiger partial charge in [0.2, 0.25) is 5.91 Å². The Morgan fingerprint density at radius 2 is 1.47 bits per heavy atom. The maximum absolute atomic E-state index is 12.0. The third-order valence-electron chi connectivity index (χ3n) is 3.01. The van der Waals surface area contributed by atoms with Crippen molar-refractivity contribution in [1.29, 1.82) is 0 Å². The van der Waals surface area contributed by atoms with Gasteiger partial charge in [0.15, 0.2) is 0 Å². The summed E-state index contributed by atoms with van der Waals surface area (Å²) in [5.41, 5.74) is 5.45. The Hall–Kier alpha value is -0.570. The fraction of sp³-hybridized carbons (Fsp3) is 0.929. The molecule has 3 nitrogen and oxygen atoms in total. The predicted molar refractivity (Wildman–Crippen MR) is 73.9 cm³/mol. The van der Waals surface area contributed by atoms with Crippen LogP contribution in [-0.2, 0) is 4.79 Å². The van der Waals surface area contributed by atoms with Gasteiger partial charge in [-0.1, -0.05) is 39.5 Å². The van der Waals surface area contributed by atoms with Gasteiger partial charge in [-0.05, 0) is 25.8 Å². The topological polar surface area (TPSA) is 46.3 Å². The highest BCUT2D eigenvalue weighted by atomic mass is 16.2. The monoisotopic (exact) mass is 242 g/mol. The minimum absolute atomic E-state index is 0.294. The standard InChI is InChI=1S/C14H30N2O/c1-3-5-7-12-16(13-8-6-4-2)14(17)10-9-11-15/h3-13,15H2,1-2H3. The van der Waals surface area contributed by atoms with Gasteiger partial charge in [-0.2, -0.15) is 0 Å². The van der Waals surface area contributed by atoms with Crippen LogP contribution in [0.3, 0.4) is 0 Å². The highest BCUT2D eigenvalue weighted by molar-refractivity contribution is 5.76. The van der Waals surface area contributed by atoms with E-state index < -0.39 is 0 Å². The van der Waals surface area contributed by atoms with Crippen molar-refractivity contribution in [1.82, 2.24) is 4.90 Å². The summed E-state index contributed by atoms with van der Waals surface area (Å²) in [5, 5.41) is 0. The van der Waals surface area contributed by atoms with Gasteiger partial charge < -0.3 is 10.6 Å². The molecule has 0 radical (unpaired) electrons. The third-order valence-corrected chi connectivity index (χ3v) is 3.01. The number of rotatable bonds is 11. The molecular formula is C14H30N2O. The molecule has 0 aromatic carbocycles. The maximum Gasteiger partial charge on any atom is 0.222 e. The van der Waals surface area contributed by atoms with E-state index in [0.717, 1.165) is 32.4 Å². The summed E-state index contributed by atoms with van der Waals surface area (Å²) in [6.07, 6.45) is 8.56. The molecule has 0 aromatic heterocycles. The molecule has 3 heteroatoms. The predicted octanol–water partition coefficient (Wildman–Crippen LogP) is 2.93. The van der Waals surface area contributed by atoms with Gasteiger partial charge >= 0.3 is 0 Å². The summed E-state index contributed by atoms with van der Waals surface area (Å²) in [4.78, 5) is 14.0. The van der Waals surface area contributed by atoms with Gasteiger partial charge in [0.25, 0.3) is 0 Å². The SMILES string of the molecule is CCCCCN(CCCCC)C(=O)CCCN. The van der Waals surface area contributed by atoms with Crippen molar-refractivity contribution in [2.24, 2.45) is 5.73 Å². The zero-order valence-corrected chi connectivity index (χ0v) is 11.7. The molecule has 0 aromatic rings. The van der Waals surface area contributed by atoms with E-state index in [1.54, 1.807) is 0 Å². The first kappa shape index (κ1) is 16.4. The average molecular weight is 242 g/mol. The summed E-state index contributed by atoms with van der Waals surface area (Å²) in [7, 11) is 0. The molecule has 102 valence electrons. The molecule has 0 saturated carbocycles. The second-order valence-electron chi connectivity index (χ2n) is 4.69. The second-order valence-corrected chi connectivity index (χ2v) is 4.69. The van der Waals surface area contributed by atoms with Crippen LogP contribution in [0.1, 0.15) is 65.2 Å². The van der Waals surface area contributed by atoms with Crippen LogP contribution in [0.2, 0.25) is 0 Å². The molecule has 0 rings (SSSR count). The molecule has 0 aliphatic rings.